The highest BCUT2D eigenvalue weighted by Crippen LogP contribution is 2.37. The molecule has 1 aliphatic rings. The average molecular weight is 245 g/mol. The van der Waals surface area contributed by atoms with E-state index in [1.165, 1.54) is 0 Å². The van der Waals surface area contributed by atoms with Crippen LogP contribution in [0.1, 0.15) is 11.4 Å². The molecule has 0 aliphatic carbocycles. The maximum atomic E-state index is 5.41. The van der Waals surface area contributed by atoms with Crippen molar-refractivity contribution in [2.75, 3.05) is 13.8 Å². The smallest absolute Gasteiger partial charge is 0.231 e. The maximum Gasteiger partial charge on any atom is 0.231 e. The van der Waals surface area contributed by atoms with Gasteiger partial charge in [-0.1, -0.05) is 6.07 Å². The maximum absolute atomic E-state index is 5.41. The number of rotatable bonds is 3. The number of nitrogens with one attached hydrogen (secondary N) is 2. The molecule has 0 bridgehead atoms. The van der Waals surface area contributed by atoms with Crippen LogP contribution in [-0.4, -0.2) is 24.0 Å². The van der Waals surface area contributed by atoms with E-state index < -0.39 is 0 Å². The van der Waals surface area contributed by atoms with E-state index in [0.717, 1.165) is 40.6 Å². The van der Waals surface area contributed by atoms with Crippen LogP contribution in [0, 0.1) is 6.92 Å². The summed E-state index contributed by atoms with van der Waals surface area (Å²) >= 11 is 0. The third-order valence-electron chi connectivity index (χ3n) is 3.03. The number of fused-ring (bicyclic) bond motifs is 1. The number of aromatic amines is 1. The van der Waals surface area contributed by atoms with Crippen LogP contribution in [0.4, 0.5) is 0 Å². The van der Waals surface area contributed by atoms with E-state index in [0.29, 0.717) is 6.79 Å². The Hall–Kier alpha value is -2.01. The summed E-state index contributed by atoms with van der Waals surface area (Å²) in [7, 11) is 1.91. The molecule has 0 unspecified atom stereocenters. The predicted octanol–water partition coefficient (Wildman–Crippen LogP) is 1.83. The van der Waals surface area contributed by atoms with Crippen LogP contribution in [0.3, 0.4) is 0 Å². The fourth-order valence-corrected chi connectivity index (χ4v) is 2.21. The molecule has 5 nitrogen and oxygen atoms in total. The number of benzene rings is 1. The van der Waals surface area contributed by atoms with Crippen molar-refractivity contribution in [2.45, 2.75) is 13.5 Å². The quantitative estimate of drug-likeness (QED) is 0.866. The minimum Gasteiger partial charge on any atom is -0.454 e. The number of H-pyrrole nitrogens is 1. The lowest BCUT2D eigenvalue weighted by Gasteiger charge is -2.05. The summed E-state index contributed by atoms with van der Waals surface area (Å²) in [6.07, 6.45) is 0. The van der Waals surface area contributed by atoms with E-state index in [-0.39, 0.29) is 0 Å². The molecule has 2 aromatic rings. The molecule has 0 fully saturated rings. The van der Waals surface area contributed by atoms with Gasteiger partial charge in [-0.25, -0.2) is 0 Å². The Bertz CT molecular complexity index is 578. The van der Waals surface area contributed by atoms with E-state index in [1.54, 1.807) is 0 Å². The molecule has 0 radical (unpaired) electrons. The molecule has 1 aromatic carbocycles. The monoisotopic (exact) mass is 245 g/mol. The van der Waals surface area contributed by atoms with Gasteiger partial charge in [0, 0.05) is 17.8 Å². The second-order valence-corrected chi connectivity index (χ2v) is 4.27. The molecule has 0 saturated carbocycles. The molecule has 3 rings (SSSR count). The SMILES string of the molecule is CNCc1n[nH]c(C)c1-c1ccc2c(c1)OCO2. The first-order valence-corrected chi connectivity index (χ1v) is 5.88. The summed E-state index contributed by atoms with van der Waals surface area (Å²) in [4.78, 5) is 0. The van der Waals surface area contributed by atoms with Crippen molar-refractivity contribution in [3.05, 3.63) is 29.6 Å². The van der Waals surface area contributed by atoms with Gasteiger partial charge in [0.1, 0.15) is 0 Å². The number of ether oxygens (including phenoxy) is 2. The zero-order chi connectivity index (χ0) is 12.5. The zero-order valence-electron chi connectivity index (χ0n) is 10.4. The van der Waals surface area contributed by atoms with Gasteiger partial charge in [0.2, 0.25) is 6.79 Å². The Labute approximate surface area is 105 Å². The lowest BCUT2D eigenvalue weighted by Crippen LogP contribution is -2.06. The van der Waals surface area contributed by atoms with Crippen molar-refractivity contribution in [3.8, 4) is 22.6 Å². The highest BCUT2D eigenvalue weighted by Gasteiger charge is 2.17. The lowest BCUT2D eigenvalue weighted by atomic mass is 10.0. The second-order valence-electron chi connectivity index (χ2n) is 4.27. The number of aromatic nitrogens is 2. The van der Waals surface area contributed by atoms with Crippen molar-refractivity contribution in [1.82, 2.24) is 15.5 Å². The molecule has 1 aliphatic heterocycles. The van der Waals surface area contributed by atoms with Gasteiger partial charge in [-0.2, -0.15) is 5.10 Å². The van der Waals surface area contributed by atoms with Crippen molar-refractivity contribution < 1.29 is 9.47 Å². The van der Waals surface area contributed by atoms with Crippen LogP contribution >= 0.6 is 0 Å². The third-order valence-corrected chi connectivity index (χ3v) is 3.03. The summed E-state index contributed by atoms with van der Waals surface area (Å²) in [6, 6.07) is 5.97. The van der Waals surface area contributed by atoms with Gasteiger partial charge in [0.25, 0.3) is 0 Å². The van der Waals surface area contributed by atoms with Crippen molar-refractivity contribution in [2.24, 2.45) is 0 Å². The molecule has 0 saturated heterocycles. The Morgan fingerprint density at radius 3 is 3.00 bits per heavy atom. The zero-order valence-corrected chi connectivity index (χ0v) is 10.4. The summed E-state index contributed by atoms with van der Waals surface area (Å²) in [6.45, 7) is 3.05. The average Bonchev–Trinajstić information content (AvgIpc) is 2.96. The van der Waals surface area contributed by atoms with Gasteiger partial charge in [-0.05, 0) is 31.7 Å². The molecule has 0 amide bonds. The number of hydrogen-bond donors (Lipinski definition) is 2. The van der Waals surface area contributed by atoms with Crippen LogP contribution in [0.15, 0.2) is 18.2 Å². The molecule has 18 heavy (non-hydrogen) atoms. The highest BCUT2D eigenvalue weighted by atomic mass is 16.7. The highest BCUT2D eigenvalue weighted by molar-refractivity contribution is 5.71. The van der Waals surface area contributed by atoms with Gasteiger partial charge in [0.15, 0.2) is 11.5 Å². The fraction of sp³-hybridized carbons (Fsp3) is 0.308. The number of nitrogens with zero attached hydrogens (tertiary/aromatic N) is 1. The summed E-state index contributed by atoms with van der Waals surface area (Å²) < 4.78 is 10.7. The van der Waals surface area contributed by atoms with Crippen molar-refractivity contribution in [3.63, 3.8) is 0 Å². The second kappa shape index (κ2) is 4.34. The van der Waals surface area contributed by atoms with Crippen LogP contribution in [0.5, 0.6) is 11.5 Å². The minimum atomic E-state index is 0.298. The molecule has 5 heteroatoms. The molecule has 2 heterocycles. The predicted molar refractivity (Wildman–Crippen MR) is 67.6 cm³/mol. The van der Waals surface area contributed by atoms with Crippen LogP contribution in [0.2, 0.25) is 0 Å². The number of aryl methyl sites for hydroxylation is 1. The first kappa shape index (κ1) is 11.1. The Morgan fingerprint density at radius 2 is 2.17 bits per heavy atom. The fourth-order valence-electron chi connectivity index (χ4n) is 2.21. The van der Waals surface area contributed by atoms with Gasteiger partial charge >= 0.3 is 0 Å². The first-order chi connectivity index (χ1) is 8.79. The van der Waals surface area contributed by atoms with E-state index in [9.17, 15) is 0 Å². The molecule has 94 valence electrons. The third kappa shape index (κ3) is 1.73. The molecule has 0 atom stereocenters. The van der Waals surface area contributed by atoms with Gasteiger partial charge in [0.05, 0.1) is 5.69 Å². The number of hydrogen-bond acceptors (Lipinski definition) is 4. The van der Waals surface area contributed by atoms with Crippen LogP contribution in [0.25, 0.3) is 11.1 Å². The Kier molecular flexibility index (Phi) is 2.68. The Balaban J connectivity index is 2.06. The van der Waals surface area contributed by atoms with Crippen molar-refractivity contribution in [1.29, 1.82) is 0 Å². The van der Waals surface area contributed by atoms with Gasteiger partial charge in [-0.15, -0.1) is 0 Å². The molecular weight excluding hydrogens is 230 g/mol. The minimum absolute atomic E-state index is 0.298. The molecule has 0 spiro atoms. The lowest BCUT2D eigenvalue weighted by molar-refractivity contribution is 0.174. The normalized spacial score (nSPS) is 13.0. The topological polar surface area (TPSA) is 59.2 Å². The van der Waals surface area contributed by atoms with E-state index in [2.05, 4.69) is 15.5 Å². The summed E-state index contributed by atoms with van der Waals surface area (Å²) in [5.41, 5.74) is 4.28. The van der Waals surface area contributed by atoms with E-state index in [1.807, 2.05) is 32.2 Å². The molecule has 1 aromatic heterocycles. The van der Waals surface area contributed by atoms with E-state index in [4.69, 9.17) is 9.47 Å². The Morgan fingerprint density at radius 1 is 1.33 bits per heavy atom. The van der Waals surface area contributed by atoms with Gasteiger partial charge < -0.3 is 14.8 Å². The summed E-state index contributed by atoms with van der Waals surface area (Å²) in [5, 5.41) is 10.5. The first-order valence-electron chi connectivity index (χ1n) is 5.88. The standard InChI is InChI=1S/C13H15N3O2/c1-8-13(10(6-14-2)16-15-8)9-3-4-11-12(5-9)18-7-17-11/h3-5,14H,6-7H2,1-2H3,(H,15,16). The van der Waals surface area contributed by atoms with E-state index >= 15 is 0 Å². The molecule has 2 N–H and O–H groups in total. The van der Waals surface area contributed by atoms with Crippen LogP contribution in [-0.2, 0) is 6.54 Å². The largest absolute Gasteiger partial charge is 0.454 e. The van der Waals surface area contributed by atoms with Crippen molar-refractivity contribution >= 4 is 0 Å². The van der Waals surface area contributed by atoms with Crippen LogP contribution < -0.4 is 14.8 Å². The molecular formula is C13H15N3O2. The summed E-state index contributed by atoms with van der Waals surface area (Å²) in [5.74, 6) is 1.60. The van der Waals surface area contributed by atoms with Gasteiger partial charge in [-0.3, -0.25) is 5.10 Å².